The van der Waals surface area contributed by atoms with Crippen LogP contribution in [-0.4, -0.2) is 31.3 Å². The van der Waals surface area contributed by atoms with E-state index in [0.717, 1.165) is 5.56 Å². The van der Waals surface area contributed by atoms with Crippen LogP contribution >= 0.6 is 0 Å². The lowest BCUT2D eigenvalue weighted by Gasteiger charge is -2.12. The second-order valence-electron chi connectivity index (χ2n) is 6.30. The highest BCUT2D eigenvalue weighted by Gasteiger charge is 2.24. The van der Waals surface area contributed by atoms with Crippen molar-refractivity contribution in [3.8, 4) is 22.4 Å². The molecule has 1 aromatic carbocycles. The van der Waals surface area contributed by atoms with Crippen LogP contribution in [0.1, 0.15) is 24.2 Å². The monoisotopic (exact) mass is 371 g/mol. The number of fused-ring (bicyclic) bond motifs is 1. The first kappa shape index (κ1) is 17.5. The molecule has 0 radical (unpaired) electrons. The Kier molecular flexibility index (Phi) is 4.41. The number of hydrogen-bond acceptors (Lipinski definition) is 5. The minimum Gasteiger partial charge on any atom is -0.310 e. The van der Waals surface area contributed by atoms with E-state index >= 15 is 0 Å². The standard InChI is InChI=1S/C21H17N5O2/c1-13(27)17-16(9-11-22-20(17)24-14(2)28)18-19(15-7-4-3-5-8-15)25-26-12-6-10-23-21(18)26/h3-12H,1-2H3,(H,22,24,28). The molecule has 138 valence electrons. The molecule has 3 aromatic heterocycles. The number of hydrogen-bond donors (Lipinski definition) is 1. The van der Waals surface area contributed by atoms with Crippen LogP contribution in [0.15, 0.2) is 61.1 Å². The lowest BCUT2D eigenvalue weighted by molar-refractivity contribution is -0.114. The number of pyridine rings is 1. The van der Waals surface area contributed by atoms with Gasteiger partial charge in [-0.25, -0.2) is 14.5 Å². The van der Waals surface area contributed by atoms with Gasteiger partial charge in [0.2, 0.25) is 5.91 Å². The van der Waals surface area contributed by atoms with Crippen molar-refractivity contribution in [2.75, 3.05) is 5.32 Å². The van der Waals surface area contributed by atoms with E-state index in [9.17, 15) is 9.59 Å². The van der Waals surface area contributed by atoms with Crippen LogP contribution in [0.4, 0.5) is 5.82 Å². The first-order valence-electron chi connectivity index (χ1n) is 8.73. The first-order chi connectivity index (χ1) is 13.6. The minimum atomic E-state index is -0.298. The van der Waals surface area contributed by atoms with E-state index in [0.29, 0.717) is 28.0 Å². The number of anilines is 1. The molecule has 1 N–H and O–H groups in total. The fourth-order valence-electron chi connectivity index (χ4n) is 3.22. The zero-order valence-corrected chi connectivity index (χ0v) is 15.4. The summed E-state index contributed by atoms with van der Waals surface area (Å²) in [5.74, 6) is -0.277. The SMILES string of the molecule is CC(=O)Nc1nccc(-c2c(-c3ccccc3)nn3cccnc23)c1C(C)=O. The van der Waals surface area contributed by atoms with Crippen LogP contribution in [-0.2, 0) is 4.79 Å². The number of rotatable bonds is 4. The Hall–Kier alpha value is -3.87. The third-order valence-electron chi connectivity index (χ3n) is 4.31. The highest BCUT2D eigenvalue weighted by molar-refractivity contribution is 6.10. The lowest BCUT2D eigenvalue weighted by atomic mass is 9.96. The molecule has 0 atom stereocenters. The number of aromatic nitrogens is 4. The van der Waals surface area contributed by atoms with Crippen LogP contribution in [0.5, 0.6) is 0 Å². The van der Waals surface area contributed by atoms with Gasteiger partial charge in [0.15, 0.2) is 11.4 Å². The van der Waals surface area contributed by atoms with Crippen molar-refractivity contribution in [1.29, 1.82) is 0 Å². The molecule has 3 heterocycles. The summed E-state index contributed by atoms with van der Waals surface area (Å²) >= 11 is 0. The second kappa shape index (κ2) is 7.03. The molecule has 7 heteroatoms. The van der Waals surface area contributed by atoms with Crippen LogP contribution in [0.3, 0.4) is 0 Å². The topological polar surface area (TPSA) is 89.2 Å². The van der Waals surface area contributed by atoms with E-state index in [1.165, 1.54) is 13.8 Å². The van der Waals surface area contributed by atoms with Crippen molar-refractivity contribution in [2.24, 2.45) is 0 Å². The predicted octanol–water partition coefficient (Wildman–Crippen LogP) is 3.62. The minimum absolute atomic E-state index is 0.207. The molecule has 28 heavy (non-hydrogen) atoms. The summed E-state index contributed by atoms with van der Waals surface area (Å²) in [4.78, 5) is 32.8. The molecule has 0 fully saturated rings. The molecule has 4 rings (SSSR count). The number of nitrogens with one attached hydrogen (secondary N) is 1. The number of amides is 1. The van der Waals surface area contributed by atoms with Gasteiger partial charge in [-0.3, -0.25) is 9.59 Å². The Morgan fingerprint density at radius 1 is 0.964 bits per heavy atom. The number of nitrogens with zero attached hydrogens (tertiary/aromatic N) is 4. The van der Waals surface area contributed by atoms with Crippen molar-refractivity contribution < 1.29 is 9.59 Å². The van der Waals surface area contributed by atoms with E-state index in [1.54, 1.807) is 29.0 Å². The lowest BCUT2D eigenvalue weighted by Crippen LogP contribution is -2.12. The highest BCUT2D eigenvalue weighted by atomic mass is 16.1. The zero-order chi connectivity index (χ0) is 19.7. The van der Waals surface area contributed by atoms with Gasteiger partial charge in [-0.2, -0.15) is 5.10 Å². The molecule has 4 aromatic rings. The third-order valence-corrected chi connectivity index (χ3v) is 4.31. The van der Waals surface area contributed by atoms with Gasteiger partial charge >= 0.3 is 0 Å². The number of ketones is 1. The fraction of sp³-hybridized carbons (Fsp3) is 0.0952. The maximum Gasteiger partial charge on any atom is 0.222 e. The van der Waals surface area contributed by atoms with Gasteiger partial charge in [-0.05, 0) is 19.1 Å². The molecule has 0 bridgehead atoms. The van der Waals surface area contributed by atoms with Gasteiger partial charge in [-0.1, -0.05) is 30.3 Å². The molecular weight excluding hydrogens is 354 g/mol. The van der Waals surface area contributed by atoms with E-state index in [-0.39, 0.29) is 17.5 Å². The van der Waals surface area contributed by atoms with E-state index in [2.05, 4.69) is 20.4 Å². The highest BCUT2D eigenvalue weighted by Crippen LogP contribution is 2.37. The summed E-state index contributed by atoms with van der Waals surface area (Å²) in [6, 6.07) is 13.2. The van der Waals surface area contributed by atoms with Crippen LogP contribution < -0.4 is 5.32 Å². The Bertz CT molecular complexity index is 1200. The number of benzene rings is 1. The molecule has 0 saturated carbocycles. The molecule has 0 spiro atoms. The summed E-state index contributed by atoms with van der Waals surface area (Å²) in [7, 11) is 0. The molecule has 7 nitrogen and oxygen atoms in total. The summed E-state index contributed by atoms with van der Waals surface area (Å²) < 4.78 is 1.68. The molecule has 0 unspecified atom stereocenters. The van der Waals surface area contributed by atoms with Crippen molar-refractivity contribution in [2.45, 2.75) is 13.8 Å². The van der Waals surface area contributed by atoms with E-state index in [4.69, 9.17) is 0 Å². The predicted molar refractivity (Wildman–Crippen MR) is 106 cm³/mol. The van der Waals surface area contributed by atoms with Gasteiger partial charge in [-0.15, -0.1) is 0 Å². The summed E-state index contributed by atoms with van der Waals surface area (Å²) in [6.07, 6.45) is 5.05. The Balaban J connectivity index is 2.07. The smallest absolute Gasteiger partial charge is 0.222 e. The van der Waals surface area contributed by atoms with Crippen LogP contribution in [0.25, 0.3) is 28.0 Å². The number of carbonyl (C=O) groups is 2. The molecule has 1 amide bonds. The maximum absolute atomic E-state index is 12.5. The Morgan fingerprint density at radius 2 is 1.75 bits per heavy atom. The van der Waals surface area contributed by atoms with Gasteiger partial charge in [0.05, 0.1) is 11.1 Å². The normalized spacial score (nSPS) is 10.8. The fourth-order valence-corrected chi connectivity index (χ4v) is 3.22. The summed E-state index contributed by atoms with van der Waals surface area (Å²) in [6.45, 7) is 2.83. The zero-order valence-electron chi connectivity index (χ0n) is 15.4. The van der Waals surface area contributed by atoms with Gasteiger partial charge in [0.1, 0.15) is 11.5 Å². The van der Waals surface area contributed by atoms with Crippen LogP contribution in [0, 0.1) is 0 Å². The van der Waals surface area contributed by atoms with Crippen LogP contribution in [0.2, 0.25) is 0 Å². The number of Topliss-reactive ketones (excluding diaryl/α,β-unsaturated/α-hetero) is 1. The van der Waals surface area contributed by atoms with Crippen molar-refractivity contribution in [1.82, 2.24) is 19.6 Å². The maximum atomic E-state index is 12.5. The van der Waals surface area contributed by atoms with Gasteiger partial charge in [0.25, 0.3) is 0 Å². The van der Waals surface area contributed by atoms with Crippen molar-refractivity contribution in [3.05, 3.63) is 66.6 Å². The summed E-state index contributed by atoms with van der Waals surface area (Å²) in [5, 5.41) is 7.33. The molecule has 0 aliphatic rings. The largest absolute Gasteiger partial charge is 0.310 e. The van der Waals surface area contributed by atoms with E-state index in [1.807, 2.05) is 36.5 Å². The Morgan fingerprint density at radius 3 is 2.46 bits per heavy atom. The van der Waals surface area contributed by atoms with Gasteiger partial charge < -0.3 is 5.32 Å². The van der Waals surface area contributed by atoms with Gasteiger partial charge in [0, 0.05) is 36.6 Å². The van der Waals surface area contributed by atoms with Crippen molar-refractivity contribution >= 4 is 23.2 Å². The molecule has 0 saturated heterocycles. The van der Waals surface area contributed by atoms with E-state index < -0.39 is 0 Å². The summed E-state index contributed by atoms with van der Waals surface area (Å²) in [5.41, 5.74) is 3.88. The molecule has 0 aliphatic carbocycles. The van der Waals surface area contributed by atoms with Crippen molar-refractivity contribution in [3.63, 3.8) is 0 Å². The average molecular weight is 371 g/mol. The average Bonchev–Trinajstić information content (AvgIpc) is 3.07. The third kappa shape index (κ3) is 3.03. The second-order valence-corrected chi connectivity index (χ2v) is 6.30. The Labute approximate surface area is 161 Å². The molecular formula is C21H17N5O2. The quantitative estimate of drug-likeness (QED) is 0.554. The molecule has 0 aliphatic heterocycles. The first-order valence-corrected chi connectivity index (χ1v) is 8.73. The number of carbonyl (C=O) groups excluding carboxylic acids is 2.